The van der Waals surface area contributed by atoms with Crippen molar-refractivity contribution < 1.29 is 4.79 Å². The second-order valence-corrected chi connectivity index (χ2v) is 7.25. The molecule has 0 saturated carbocycles. The van der Waals surface area contributed by atoms with E-state index in [1.54, 1.807) is 11.3 Å². The first-order valence-electron chi connectivity index (χ1n) is 8.87. The number of thiazole rings is 1. The number of guanidine groups is 1. The van der Waals surface area contributed by atoms with Gasteiger partial charge in [0.15, 0.2) is 5.96 Å². The van der Waals surface area contributed by atoms with E-state index in [1.165, 1.54) is 17.4 Å². The molecule has 0 unspecified atom stereocenters. The molecule has 1 heterocycles. The third-order valence-corrected chi connectivity index (χ3v) is 4.56. The van der Waals surface area contributed by atoms with E-state index in [2.05, 4.69) is 39.8 Å². The maximum Gasteiger partial charge on any atom is 0.221 e. The Morgan fingerprint density at radius 2 is 1.96 bits per heavy atom. The van der Waals surface area contributed by atoms with Crippen molar-refractivity contribution >= 4 is 28.9 Å². The number of hydrogen-bond acceptors (Lipinski definition) is 4. The van der Waals surface area contributed by atoms with E-state index in [-0.39, 0.29) is 5.91 Å². The Labute approximate surface area is 159 Å². The van der Waals surface area contributed by atoms with Crippen molar-refractivity contribution in [2.24, 2.45) is 4.99 Å². The largest absolute Gasteiger partial charge is 0.357 e. The van der Waals surface area contributed by atoms with Gasteiger partial charge in [0.2, 0.25) is 5.91 Å². The molecule has 7 heteroatoms. The van der Waals surface area contributed by atoms with Gasteiger partial charge in [0, 0.05) is 49.7 Å². The zero-order chi connectivity index (χ0) is 18.8. The molecule has 0 atom stereocenters. The third kappa shape index (κ3) is 7.23. The van der Waals surface area contributed by atoms with Gasteiger partial charge in [0.1, 0.15) is 0 Å². The standard InChI is InChI=1S/C19H27N5OS/c1-4-20-19(22-12-10-18-23-13-14(2)26-18)21-11-9-16-5-7-17(8-6-16)24-15(3)25/h5-8,13H,4,9-12H2,1-3H3,(H,24,25)(H2,20,21,22). The van der Waals surface area contributed by atoms with Crippen molar-refractivity contribution in [3.8, 4) is 0 Å². The first kappa shape index (κ1) is 19.9. The van der Waals surface area contributed by atoms with Gasteiger partial charge in [-0.3, -0.25) is 9.79 Å². The molecule has 1 aromatic carbocycles. The number of amides is 1. The van der Waals surface area contributed by atoms with Crippen LogP contribution in [0.15, 0.2) is 35.5 Å². The van der Waals surface area contributed by atoms with Crippen molar-refractivity contribution in [1.82, 2.24) is 15.6 Å². The lowest BCUT2D eigenvalue weighted by molar-refractivity contribution is -0.114. The van der Waals surface area contributed by atoms with Gasteiger partial charge in [-0.15, -0.1) is 11.3 Å². The quantitative estimate of drug-likeness (QED) is 0.491. The number of aromatic nitrogens is 1. The second kappa shape index (κ2) is 10.6. The molecule has 0 aliphatic heterocycles. The molecule has 6 nitrogen and oxygen atoms in total. The zero-order valence-corrected chi connectivity index (χ0v) is 16.4. The minimum Gasteiger partial charge on any atom is -0.357 e. The molecule has 1 amide bonds. The number of aliphatic imine (C=N–C) groups is 1. The van der Waals surface area contributed by atoms with E-state index in [9.17, 15) is 4.79 Å². The molecule has 2 rings (SSSR count). The molecule has 140 valence electrons. The summed E-state index contributed by atoms with van der Waals surface area (Å²) in [6.45, 7) is 7.97. The van der Waals surface area contributed by atoms with Crippen LogP contribution in [0.25, 0.3) is 0 Å². The Hall–Kier alpha value is -2.41. The smallest absolute Gasteiger partial charge is 0.221 e. The van der Waals surface area contributed by atoms with Crippen LogP contribution < -0.4 is 16.0 Å². The molecule has 0 radical (unpaired) electrons. The van der Waals surface area contributed by atoms with E-state index >= 15 is 0 Å². The normalized spacial score (nSPS) is 11.3. The lowest BCUT2D eigenvalue weighted by Crippen LogP contribution is -2.38. The molecule has 0 spiro atoms. The maximum atomic E-state index is 11.0. The van der Waals surface area contributed by atoms with Crippen LogP contribution >= 0.6 is 11.3 Å². The van der Waals surface area contributed by atoms with Crippen LogP contribution in [0.3, 0.4) is 0 Å². The highest BCUT2D eigenvalue weighted by atomic mass is 32.1. The maximum absolute atomic E-state index is 11.0. The summed E-state index contributed by atoms with van der Waals surface area (Å²) in [5.74, 6) is 0.773. The summed E-state index contributed by atoms with van der Waals surface area (Å²) in [5.41, 5.74) is 2.03. The molecule has 0 saturated heterocycles. The first-order valence-corrected chi connectivity index (χ1v) is 9.68. The van der Waals surface area contributed by atoms with Crippen molar-refractivity contribution in [3.63, 3.8) is 0 Å². The predicted octanol–water partition coefficient (Wildman–Crippen LogP) is 2.75. The fourth-order valence-electron chi connectivity index (χ4n) is 2.41. The van der Waals surface area contributed by atoms with Crippen LogP contribution in [0.1, 0.15) is 29.3 Å². The van der Waals surface area contributed by atoms with Gasteiger partial charge in [-0.2, -0.15) is 0 Å². The van der Waals surface area contributed by atoms with Gasteiger partial charge in [-0.25, -0.2) is 4.98 Å². The van der Waals surface area contributed by atoms with Crippen LogP contribution in [0.2, 0.25) is 0 Å². The Morgan fingerprint density at radius 3 is 2.58 bits per heavy atom. The molecule has 3 N–H and O–H groups in total. The van der Waals surface area contributed by atoms with E-state index < -0.39 is 0 Å². The van der Waals surface area contributed by atoms with Crippen LogP contribution in [0.4, 0.5) is 5.69 Å². The van der Waals surface area contributed by atoms with Crippen molar-refractivity contribution in [2.75, 3.05) is 25.0 Å². The molecule has 1 aromatic heterocycles. The lowest BCUT2D eigenvalue weighted by atomic mass is 10.1. The predicted molar refractivity (Wildman–Crippen MR) is 109 cm³/mol. The fourth-order valence-corrected chi connectivity index (χ4v) is 3.18. The summed E-state index contributed by atoms with van der Waals surface area (Å²) in [6.07, 6.45) is 3.65. The topological polar surface area (TPSA) is 78.4 Å². The van der Waals surface area contributed by atoms with Crippen molar-refractivity contribution in [1.29, 1.82) is 0 Å². The summed E-state index contributed by atoms with van der Waals surface area (Å²) in [6, 6.07) is 7.90. The van der Waals surface area contributed by atoms with E-state index in [0.717, 1.165) is 42.6 Å². The molecular weight excluding hydrogens is 346 g/mol. The van der Waals surface area contributed by atoms with Crippen LogP contribution in [0, 0.1) is 6.92 Å². The Bertz CT molecular complexity index is 724. The number of carbonyl (C=O) groups excluding carboxylic acids is 1. The monoisotopic (exact) mass is 373 g/mol. The zero-order valence-electron chi connectivity index (χ0n) is 15.6. The summed E-state index contributed by atoms with van der Waals surface area (Å²) < 4.78 is 0. The number of nitrogens with one attached hydrogen (secondary N) is 3. The van der Waals surface area contributed by atoms with Crippen molar-refractivity contribution in [3.05, 3.63) is 45.9 Å². The number of carbonyl (C=O) groups is 1. The Balaban J connectivity index is 1.78. The molecule has 0 aliphatic rings. The fraction of sp³-hybridized carbons (Fsp3) is 0.421. The van der Waals surface area contributed by atoms with Gasteiger partial charge < -0.3 is 16.0 Å². The van der Waals surface area contributed by atoms with E-state index in [0.29, 0.717) is 6.54 Å². The summed E-state index contributed by atoms with van der Waals surface area (Å²) in [7, 11) is 0. The van der Waals surface area contributed by atoms with E-state index in [4.69, 9.17) is 0 Å². The minimum atomic E-state index is -0.0566. The lowest BCUT2D eigenvalue weighted by Gasteiger charge is -2.11. The Kier molecular flexibility index (Phi) is 8.08. The molecule has 2 aromatic rings. The summed E-state index contributed by atoms with van der Waals surface area (Å²) >= 11 is 1.73. The highest BCUT2D eigenvalue weighted by Gasteiger charge is 2.01. The molecule has 0 fully saturated rings. The molecule has 0 aliphatic carbocycles. The number of benzene rings is 1. The molecular formula is C19H27N5OS. The number of nitrogens with zero attached hydrogens (tertiary/aromatic N) is 2. The minimum absolute atomic E-state index is 0.0566. The second-order valence-electron chi connectivity index (χ2n) is 5.93. The molecule has 0 bridgehead atoms. The van der Waals surface area contributed by atoms with Gasteiger partial charge >= 0.3 is 0 Å². The van der Waals surface area contributed by atoms with Gasteiger partial charge in [0.05, 0.1) is 5.01 Å². The first-order chi connectivity index (χ1) is 12.6. The number of hydrogen-bond donors (Lipinski definition) is 3. The summed E-state index contributed by atoms with van der Waals surface area (Å²) in [5, 5.41) is 10.5. The third-order valence-electron chi connectivity index (χ3n) is 3.59. The van der Waals surface area contributed by atoms with Gasteiger partial charge in [-0.1, -0.05) is 12.1 Å². The van der Waals surface area contributed by atoms with Crippen molar-refractivity contribution in [2.45, 2.75) is 33.6 Å². The highest BCUT2D eigenvalue weighted by Crippen LogP contribution is 2.11. The number of rotatable bonds is 8. The SMILES string of the molecule is CCNC(=NCCc1ncc(C)s1)NCCc1ccc(NC(C)=O)cc1. The average molecular weight is 374 g/mol. The van der Waals surface area contributed by atoms with Crippen LogP contribution in [0.5, 0.6) is 0 Å². The van der Waals surface area contributed by atoms with E-state index in [1.807, 2.05) is 30.5 Å². The number of anilines is 1. The Morgan fingerprint density at radius 1 is 1.19 bits per heavy atom. The molecule has 26 heavy (non-hydrogen) atoms. The highest BCUT2D eigenvalue weighted by molar-refractivity contribution is 7.11. The van der Waals surface area contributed by atoms with Crippen LogP contribution in [-0.2, 0) is 17.6 Å². The van der Waals surface area contributed by atoms with Crippen LogP contribution in [-0.4, -0.2) is 36.5 Å². The van der Waals surface area contributed by atoms with Gasteiger partial charge in [-0.05, 0) is 38.0 Å². The average Bonchev–Trinajstić information content (AvgIpc) is 3.01. The summed E-state index contributed by atoms with van der Waals surface area (Å²) in [4.78, 5) is 21.3. The number of aryl methyl sites for hydroxylation is 1. The van der Waals surface area contributed by atoms with Gasteiger partial charge in [0.25, 0.3) is 0 Å².